The van der Waals surface area contributed by atoms with Gasteiger partial charge in [0.1, 0.15) is 32.3 Å². The molecule has 1 N–H and O–H groups in total. The van der Waals surface area contributed by atoms with E-state index in [1.54, 1.807) is 22.7 Å². The number of methoxy groups -OCH3 is 2. The molecule has 0 amide bonds. The Morgan fingerprint density at radius 2 is 1.30 bits per heavy atom. The van der Waals surface area contributed by atoms with Crippen molar-refractivity contribution in [3.63, 3.8) is 0 Å². The Morgan fingerprint density at radius 3 is 1.94 bits per heavy atom. The molecule has 54 heavy (non-hydrogen) atoms. The summed E-state index contributed by atoms with van der Waals surface area (Å²) in [7, 11) is 2.82. The molecular formula is C40H38ClN5O6S2. The molecule has 0 aliphatic carbocycles. The number of carbonyl (C=O) groups is 2. The Balaban J connectivity index is 0.000000179. The van der Waals surface area contributed by atoms with Crippen molar-refractivity contribution in [1.29, 1.82) is 0 Å². The van der Waals surface area contributed by atoms with Crippen LogP contribution in [0.1, 0.15) is 55.7 Å². The van der Waals surface area contributed by atoms with Gasteiger partial charge in [0, 0.05) is 52.4 Å². The zero-order valence-electron chi connectivity index (χ0n) is 29.9. The summed E-state index contributed by atoms with van der Waals surface area (Å²) in [5.41, 5.74) is 1.08. The molecule has 7 aromatic rings. The second-order valence-corrected chi connectivity index (χ2v) is 15.0. The molecule has 3 aromatic carbocycles. The first-order chi connectivity index (χ1) is 26.4. The van der Waals surface area contributed by atoms with Gasteiger partial charge >= 0.3 is 11.9 Å². The number of aromatic nitrogens is 4. The van der Waals surface area contributed by atoms with Crippen LogP contribution in [0, 0.1) is 0 Å². The van der Waals surface area contributed by atoms with Gasteiger partial charge in [0.2, 0.25) is 6.79 Å². The summed E-state index contributed by atoms with van der Waals surface area (Å²) < 4.78 is 22.6. The highest BCUT2D eigenvalue weighted by Crippen LogP contribution is 2.38. The van der Waals surface area contributed by atoms with Gasteiger partial charge in [0.15, 0.2) is 11.5 Å². The maximum absolute atomic E-state index is 11.4. The number of benzene rings is 3. The molecule has 0 spiro atoms. The number of hydrogen-bond acceptors (Lipinski definition) is 13. The van der Waals surface area contributed by atoms with E-state index in [4.69, 9.17) is 35.8 Å². The SMILES string of the molecule is COC(=O)CCCCc1nc(Cl)c2c(n1)sc1ccccc12.COC(=O)CCCCc1nc(NCc2ccc3c(c2)OCO3)c2c(n1)sc1ccccc12. The van der Waals surface area contributed by atoms with Crippen molar-refractivity contribution in [2.75, 3.05) is 26.3 Å². The van der Waals surface area contributed by atoms with Gasteiger partial charge < -0.3 is 24.3 Å². The minimum Gasteiger partial charge on any atom is -0.469 e. The van der Waals surface area contributed by atoms with E-state index in [0.29, 0.717) is 37.4 Å². The molecule has 0 atom stereocenters. The lowest BCUT2D eigenvalue weighted by Crippen LogP contribution is -2.06. The quantitative estimate of drug-likeness (QED) is 0.0681. The molecule has 0 saturated heterocycles. The number of nitrogens with zero attached hydrogens (tertiary/aromatic N) is 4. The van der Waals surface area contributed by atoms with Crippen molar-refractivity contribution in [2.45, 2.75) is 57.9 Å². The number of aryl methyl sites for hydroxylation is 2. The number of esters is 2. The van der Waals surface area contributed by atoms with Crippen LogP contribution < -0.4 is 14.8 Å². The molecule has 14 heteroatoms. The van der Waals surface area contributed by atoms with Crippen LogP contribution in [0.15, 0.2) is 66.7 Å². The molecule has 278 valence electrons. The maximum Gasteiger partial charge on any atom is 0.305 e. The summed E-state index contributed by atoms with van der Waals surface area (Å²) in [6.07, 6.45) is 5.43. The van der Waals surface area contributed by atoms with Crippen LogP contribution in [0.4, 0.5) is 5.82 Å². The standard InChI is InChI=1S/C24H23N3O4S.C16H15ClN2O2S/c1-29-21(28)9-5-4-8-20-26-23(22-16-6-2-3-7-19(16)32-24(22)27-20)25-13-15-10-11-17-18(12-15)31-14-30-17;1-21-13(20)9-5-4-8-12-18-15(17)14-10-6-2-3-7-11(10)22-16(14)19-12/h2-3,6-7,10-12H,4-5,8-9,13-14H2,1H3,(H,25,26,27);2-3,6-7H,4-5,8-9H2,1H3. The molecule has 1 aliphatic rings. The molecule has 0 unspecified atom stereocenters. The Labute approximate surface area is 324 Å². The van der Waals surface area contributed by atoms with Crippen LogP contribution >= 0.6 is 34.3 Å². The summed E-state index contributed by atoms with van der Waals surface area (Å²) in [6.45, 7) is 0.869. The van der Waals surface area contributed by atoms with E-state index in [1.165, 1.54) is 18.9 Å². The molecular weight excluding hydrogens is 746 g/mol. The number of nitrogens with one attached hydrogen (secondary N) is 1. The summed E-state index contributed by atoms with van der Waals surface area (Å²) in [5, 5.41) is 8.25. The highest BCUT2D eigenvalue weighted by molar-refractivity contribution is 7.26. The Bertz CT molecular complexity index is 2450. The first-order valence-corrected chi connectivity index (χ1v) is 19.7. The predicted molar refractivity (Wildman–Crippen MR) is 214 cm³/mol. The van der Waals surface area contributed by atoms with Crippen LogP contribution in [0.25, 0.3) is 40.6 Å². The van der Waals surface area contributed by atoms with E-state index >= 15 is 0 Å². The fraction of sp³-hybridized carbons (Fsp3) is 0.300. The van der Waals surface area contributed by atoms with Crippen LogP contribution in [-0.4, -0.2) is 52.9 Å². The first-order valence-electron chi connectivity index (χ1n) is 17.7. The zero-order chi connectivity index (χ0) is 37.4. The van der Waals surface area contributed by atoms with E-state index in [1.807, 2.05) is 48.5 Å². The Morgan fingerprint density at radius 1 is 0.722 bits per heavy atom. The topological polar surface area (TPSA) is 135 Å². The van der Waals surface area contributed by atoms with Crippen LogP contribution in [0.5, 0.6) is 11.5 Å². The van der Waals surface area contributed by atoms with Crippen molar-refractivity contribution >= 4 is 92.6 Å². The van der Waals surface area contributed by atoms with E-state index in [-0.39, 0.29) is 18.7 Å². The third kappa shape index (κ3) is 8.64. The summed E-state index contributed by atoms with van der Waals surface area (Å²) in [6, 6.07) is 22.4. The van der Waals surface area contributed by atoms with Crippen LogP contribution in [-0.2, 0) is 38.4 Å². The largest absolute Gasteiger partial charge is 0.469 e. The average Bonchev–Trinajstić information content (AvgIpc) is 3.92. The molecule has 8 rings (SSSR count). The van der Waals surface area contributed by atoms with Gasteiger partial charge in [0.25, 0.3) is 0 Å². The second-order valence-electron chi connectivity index (χ2n) is 12.6. The predicted octanol–water partition coefficient (Wildman–Crippen LogP) is 9.45. The third-order valence-corrected chi connectivity index (χ3v) is 11.3. The average molecular weight is 784 g/mol. The maximum atomic E-state index is 11.4. The Hall–Kier alpha value is -5.11. The number of thiophene rings is 2. The molecule has 0 saturated carbocycles. The highest BCUT2D eigenvalue weighted by atomic mass is 35.5. The van der Waals surface area contributed by atoms with Gasteiger partial charge in [-0.3, -0.25) is 9.59 Å². The number of unbranched alkanes of at least 4 members (excludes halogenated alkanes) is 2. The number of carbonyl (C=O) groups excluding carboxylic acids is 2. The highest BCUT2D eigenvalue weighted by Gasteiger charge is 2.17. The van der Waals surface area contributed by atoms with E-state index in [2.05, 4.69) is 38.2 Å². The van der Waals surface area contributed by atoms with Crippen molar-refractivity contribution in [3.8, 4) is 11.5 Å². The Kier molecular flexibility index (Phi) is 12.0. The lowest BCUT2D eigenvalue weighted by atomic mass is 10.1. The van der Waals surface area contributed by atoms with Gasteiger partial charge in [-0.15, -0.1) is 22.7 Å². The normalized spacial score (nSPS) is 11.9. The minimum atomic E-state index is -0.183. The smallest absolute Gasteiger partial charge is 0.305 e. The molecule has 11 nitrogen and oxygen atoms in total. The lowest BCUT2D eigenvalue weighted by Gasteiger charge is -2.10. The number of halogens is 1. The van der Waals surface area contributed by atoms with Crippen molar-refractivity contribution in [2.24, 2.45) is 0 Å². The van der Waals surface area contributed by atoms with E-state index in [9.17, 15) is 9.59 Å². The lowest BCUT2D eigenvalue weighted by molar-refractivity contribution is -0.141. The molecule has 0 radical (unpaired) electrons. The number of ether oxygens (including phenoxy) is 4. The molecule has 0 fully saturated rings. The van der Waals surface area contributed by atoms with Gasteiger partial charge in [-0.05, 0) is 55.5 Å². The summed E-state index contributed by atoms with van der Waals surface area (Å²) in [5.74, 6) is 3.51. The van der Waals surface area contributed by atoms with Gasteiger partial charge in [0.05, 0.1) is 25.0 Å². The molecule has 5 heterocycles. The molecule has 0 bridgehead atoms. The van der Waals surface area contributed by atoms with E-state index < -0.39 is 0 Å². The number of hydrogen-bond donors (Lipinski definition) is 1. The molecule has 4 aromatic heterocycles. The van der Waals surface area contributed by atoms with Gasteiger partial charge in [-0.2, -0.15) is 0 Å². The van der Waals surface area contributed by atoms with Crippen LogP contribution in [0.3, 0.4) is 0 Å². The third-order valence-electron chi connectivity index (χ3n) is 8.94. The van der Waals surface area contributed by atoms with Crippen molar-refractivity contribution < 1.29 is 28.5 Å². The van der Waals surface area contributed by atoms with E-state index in [0.717, 1.165) is 96.1 Å². The minimum absolute atomic E-state index is 0.182. The fourth-order valence-corrected chi connectivity index (χ4v) is 8.72. The number of anilines is 1. The van der Waals surface area contributed by atoms with Gasteiger partial charge in [-0.1, -0.05) is 54.1 Å². The summed E-state index contributed by atoms with van der Waals surface area (Å²) in [4.78, 5) is 43.0. The number of rotatable bonds is 13. The monoisotopic (exact) mass is 783 g/mol. The first kappa shape index (κ1) is 37.2. The van der Waals surface area contributed by atoms with Crippen molar-refractivity contribution in [1.82, 2.24) is 19.9 Å². The zero-order valence-corrected chi connectivity index (χ0v) is 32.2. The second kappa shape index (κ2) is 17.4. The van der Waals surface area contributed by atoms with Crippen LogP contribution in [0.2, 0.25) is 5.15 Å². The fourth-order valence-electron chi connectivity index (χ4n) is 6.19. The molecule has 1 aliphatic heterocycles. The van der Waals surface area contributed by atoms with Crippen molar-refractivity contribution in [3.05, 3.63) is 89.1 Å². The van der Waals surface area contributed by atoms with Gasteiger partial charge in [-0.25, -0.2) is 19.9 Å². The number of fused-ring (bicyclic) bond motifs is 7. The summed E-state index contributed by atoms with van der Waals surface area (Å²) >= 11 is 9.65.